The number of aliphatic hydroxyl groups is 1. The van der Waals surface area contributed by atoms with Crippen molar-refractivity contribution in [1.29, 1.82) is 0 Å². The molecule has 0 saturated carbocycles. The Morgan fingerprint density at radius 3 is 2.62 bits per heavy atom. The molecular formula is C11H11Cl2FO2. The maximum absolute atomic E-state index is 13.9. The maximum Gasteiger partial charge on any atom is 0.175 e. The van der Waals surface area contributed by atoms with Crippen LogP contribution in [-0.4, -0.2) is 18.8 Å². The van der Waals surface area contributed by atoms with Crippen molar-refractivity contribution in [2.45, 2.75) is 6.92 Å². The van der Waals surface area contributed by atoms with E-state index in [0.29, 0.717) is 5.57 Å². The molecule has 0 fully saturated rings. The highest BCUT2D eigenvalue weighted by Crippen LogP contribution is 2.35. The van der Waals surface area contributed by atoms with Gasteiger partial charge in [-0.25, -0.2) is 4.39 Å². The Kier molecular flexibility index (Phi) is 4.59. The molecule has 1 aromatic rings. The topological polar surface area (TPSA) is 29.5 Å². The average molecular weight is 265 g/mol. The lowest BCUT2D eigenvalue weighted by Gasteiger charge is -2.10. The molecule has 0 spiro atoms. The number of halogens is 3. The monoisotopic (exact) mass is 264 g/mol. The number of benzene rings is 1. The molecule has 5 heteroatoms. The van der Waals surface area contributed by atoms with Crippen molar-refractivity contribution in [3.63, 3.8) is 0 Å². The van der Waals surface area contributed by atoms with E-state index in [4.69, 9.17) is 33.0 Å². The number of aliphatic hydroxyl groups excluding tert-OH is 1. The van der Waals surface area contributed by atoms with Gasteiger partial charge in [-0.1, -0.05) is 23.2 Å². The van der Waals surface area contributed by atoms with Crippen LogP contribution in [-0.2, 0) is 0 Å². The number of ether oxygens (including phenoxy) is 1. The minimum absolute atomic E-state index is 0.0527. The summed E-state index contributed by atoms with van der Waals surface area (Å²) >= 11 is 11.7. The average Bonchev–Trinajstić information content (AvgIpc) is 2.28. The standard InChI is InChI=1S/C11H11Cl2FO2/c1-6(5-15)9(13)7-3-4-8(12)11(16-2)10(7)14/h3-4,15H,5H2,1-2H3/b9-6+. The predicted octanol–water partition coefficient (Wildman–Crippen LogP) is 3.45. The van der Waals surface area contributed by atoms with Crippen LogP contribution in [0.5, 0.6) is 5.75 Å². The number of hydrogen-bond donors (Lipinski definition) is 1. The second-order valence-electron chi connectivity index (χ2n) is 3.19. The first-order valence-corrected chi connectivity index (χ1v) is 5.27. The van der Waals surface area contributed by atoms with Crippen molar-refractivity contribution in [2.24, 2.45) is 0 Å². The normalized spacial score (nSPS) is 12.4. The SMILES string of the molecule is COc1c(Cl)ccc(/C(Cl)=C(/C)CO)c1F. The molecule has 0 aliphatic heterocycles. The van der Waals surface area contributed by atoms with Crippen LogP contribution in [0.3, 0.4) is 0 Å². The zero-order valence-corrected chi connectivity index (χ0v) is 10.4. The van der Waals surface area contributed by atoms with E-state index in [9.17, 15) is 4.39 Å². The van der Waals surface area contributed by atoms with Crippen LogP contribution in [0.2, 0.25) is 5.02 Å². The van der Waals surface area contributed by atoms with Gasteiger partial charge in [-0.15, -0.1) is 0 Å². The molecule has 1 aromatic carbocycles. The van der Waals surface area contributed by atoms with Crippen molar-refractivity contribution in [3.05, 3.63) is 34.1 Å². The molecule has 0 saturated heterocycles. The summed E-state index contributed by atoms with van der Waals surface area (Å²) in [6.07, 6.45) is 0. The Balaban J connectivity index is 3.37. The third kappa shape index (κ3) is 2.48. The Labute approximate surface area is 103 Å². The molecule has 0 aliphatic rings. The van der Waals surface area contributed by atoms with Crippen LogP contribution in [0.25, 0.3) is 5.03 Å². The molecule has 16 heavy (non-hydrogen) atoms. The van der Waals surface area contributed by atoms with Crippen LogP contribution < -0.4 is 4.74 Å². The Morgan fingerprint density at radius 2 is 2.12 bits per heavy atom. The summed E-state index contributed by atoms with van der Waals surface area (Å²) in [6.45, 7) is 1.38. The van der Waals surface area contributed by atoms with Gasteiger partial charge in [0.1, 0.15) is 0 Å². The largest absolute Gasteiger partial charge is 0.492 e. The van der Waals surface area contributed by atoms with Gasteiger partial charge in [0.2, 0.25) is 0 Å². The molecular weight excluding hydrogens is 254 g/mol. The summed E-state index contributed by atoms with van der Waals surface area (Å²) in [7, 11) is 1.32. The molecule has 1 rings (SSSR count). The second kappa shape index (κ2) is 5.53. The minimum Gasteiger partial charge on any atom is -0.492 e. The Morgan fingerprint density at radius 1 is 1.50 bits per heavy atom. The van der Waals surface area contributed by atoms with Gasteiger partial charge in [-0.2, -0.15) is 0 Å². The zero-order chi connectivity index (χ0) is 12.3. The smallest absolute Gasteiger partial charge is 0.175 e. The summed E-state index contributed by atoms with van der Waals surface area (Å²) in [5.74, 6) is -0.684. The fraction of sp³-hybridized carbons (Fsp3) is 0.273. The van der Waals surface area contributed by atoms with E-state index in [2.05, 4.69) is 0 Å². The van der Waals surface area contributed by atoms with E-state index in [-0.39, 0.29) is 28.0 Å². The molecule has 0 heterocycles. The van der Waals surface area contributed by atoms with E-state index in [1.54, 1.807) is 6.92 Å². The minimum atomic E-state index is -0.632. The molecule has 1 N–H and O–H groups in total. The summed E-state index contributed by atoms with van der Waals surface area (Å²) in [5, 5.41) is 9.25. The van der Waals surface area contributed by atoms with Gasteiger partial charge >= 0.3 is 0 Å². The predicted molar refractivity (Wildman–Crippen MR) is 63.5 cm³/mol. The van der Waals surface area contributed by atoms with Gasteiger partial charge in [0.05, 0.1) is 23.8 Å². The molecule has 88 valence electrons. The summed E-state index contributed by atoms with van der Waals surface area (Å²) in [5.41, 5.74) is 0.638. The molecule has 0 aliphatic carbocycles. The van der Waals surface area contributed by atoms with Gasteiger partial charge in [0.25, 0.3) is 0 Å². The second-order valence-corrected chi connectivity index (χ2v) is 3.98. The fourth-order valence-electron chi connectivity index (χ4n) is 1.19. The van der Waals surface area contributed by atoms with Gasteiger partial charge in [-0.3, -0.25) is 0 Å². The molecule has 0 radical (unpaired) electrons. The van der Waals surface area contributed by atoms with Gasteiger partial charge < -0.3 is 9.84 Å². The van der Waals surface area contributed by atoms with Gasteiger partial charge in [0, 0.05) is 5.56 Å². The molecule has 0 bridgehead atoms. The van der Waals surface area contributed by atoms with Crippen molar-refractivity contribution in [2.75, 3.05) is 13.7 Å². The summed E-state index contributed by atoms with van der Waals surface area (Å²) < 4.78 is 18.7. The van der Waals surface area contributed by atoms with E-state index in [1.165, 1.54) is 19.2 Å². The van der Waals surface area contributed by atoms with E-state index in [1.807, 2.05) is 0 Å². The number of hydrogen-bond acceptors (Lipinski definition) is 2. The van der Waals surface area contributed by atoms with E-state index < -0.39 is 5.82 Å². The maximum atomic E-state index is 13.9. The van der Waals surface area contributed by atoms with Crippen LogP contribution in [0.4, 0.5) is 4.39 Å². The summed E-state index contributed by atoms with van der Waals surface area (Å²) in [4.78, 5) is 0. The highest BCUT2D eigenvalue weighted by molar-refractivity contribution is 6.49. The molecule has 0 amide bonds. The van der Waals surface area contributed by atoms with E-state index >= 15 is 0 Å². The van der Waals surface area contributed by atoms with Gasteiger partial charge in [0.15, 0.2) is 11.6 Å². The highest BCUT2D eigenvalue weighted by atomic mass is 35.5. The Hall–Kier alpha value is -0.770. The first-order chi connectivity index (χ1) is 7.52. The molecule has 0 atom stereocenters. The lowest BCUT2D eigenvalue weighted by molar-refractivity contribution is 0.332. The fourth-order valence-corrected chi connectivity index (χ4v) is 1.62. The number of methoxy groups -OCH3 is 1. The first kappa shape index (κ1) is 13.3. The highest BCUT2D eigenvalue weighted by Gasteiger charge is 2.16. The van der Waals surface area contributed by atoms with Crippen LogP contribution in [0, 0.1) is 5.82 Å². The third-order valence-corrected chi connectivity index (χ3v) is 2.93. The summed E-state index contributed by atoms with van der Waals surface area (Å²) in [6, 6.07) is 2.94. The molecule has 0 unspecified atom stereocenters. The zero-order valence-electron chi connectivity index (χ0n) is 8.85. The molecule has 0 aromatic heterocycles. The lowest BCUT2D eigenvalue weighted by atomic mass is 10.1. The lowest BCUT2D eigenvalue weighted by Crippen LogP contribution is -1.96. The quantitative estimate of drug-likeness (QED) is 0.906. The number of rotatable bonds is 3. The van der Waals surface area contributed by atoms with Gasteiger partial charge in [-0.05, 0) is 24.6 Å². The van der Waals surface area contributed by atoms with Crippen molar-refractivity contribution in [3.8, 4) is 5.75 Å². The first-order valence-electron chi connectivity index (χ1n) is 4.51. The van der Waals surface area contributed by atoms with Crippen molar-refractivity contribution in [1.82, 2.24) is 0 Å². The third-order valence-electron chi connectivity index (χ3n) is 2.10. The Bertz CT molecular complexity index is 430. The van der Waals surface area contributed by atoms with Crippen LogP contribution in [0.15, 0.2) is 17.7 Å². The molecule has 2 nitrogen and oxygen atoms in total. The van der Waals surface area contributed by atoms with Crippen molar-refractivity contribution < 1.29 is 14.2 Å². The van der Waals surface area contributed by atoms with Crippen molar-refractivity contribution >= 4 is 28.2 Å². The van der Waals surface area contributed by atoms with E-state index in [0.717, 1.165) is 0 Å². The van der Waals surface area contributed by atoms with Crippen LogP contribution in [0.1, 0.15) is 12.5 Å². The van der Waals surface area contributed by atoms with Crippen LogP contribution >= 0.6 is 23.2 Å².